The largest absolute Gasteiger partial charge is 0.350 e. The smallest absolute Gasteiger partial charge is 0.137 e. The number of nitrogens with two attached hydrogens (primary N) is 1. The van der Waals surface area contributed by atoms with E-state index in [1.165, 1.54) is 10.9 Å². The van der Waals surface area contributed by atoms with Gasteiger partial charge in [0.15, 0.2) is 0 Å². The first kappa shape index (κ1) is 9.93. The first-order valence-corrected chi connectivity index (χ1v) is 4.96. The van der Waals surface area contributed by atoms with Gasteiger partial charge in [-0.3, -0.25) is 0 Å². The molecule has 3 heteroatoms. The number of benzene rings is 1. The molecule has 0 aliphatic heterocycles. The molecule has 1 atom stereocenters. The summed E-state index contributed by atoms with van der Waals surface area (Å²) in [6.07, 6.45) is 3.43. The van der Waals surface area contributed by atoms with Gasteiger partial charge < -0.3 is 15.1 Å². The Morgan fingerprint density at radius 2 is 2.20 bits per heavy atom. The molecule has 0 spiro atoms. The van der Waals surface area contributed by atoms with E-state index in [1.54, 1.807) is 0 Å². The van der Waals surface area contributed by atoms with Gasteiger partial charge in [0.25, 0.3) is 0 Å². The molecule has 1 aromatic carbocycles. The van der Waals surface area contributed by atoms with Crippen molar-refractivity contribution in [2.24, 2.45) is 12.8 Å². The third-order valence-corrected chi connectivity index (χ3v) is 2.61. The highest BCUT2D eigenvalue weighted by Gasteiger charge is 2.08. The van der Waals surface area contributed by atoms with E-state index in [0.717, 1.165) is 11.8 Å². The molecule has 3 nitrogen and oxygen atoms in total. The highest BCUT2D eigenvalue weighted by molar-refractivity contribution is 5.84. The van der Waals surface area contributed by atoms with Crippen LogP contribution < -0.4 is 5.73 Å². The molecule has 0 aliphatic rings. The molecule has 0 saturated carbocycles. The molecule has 15 heavy (non-hydrogen) atoms. The van der Waals surface area contributed by atoms with Crippen molar-refractivity contribution < 1.29 is 4.79 Å². The van der Waals surface area contributed by atoms with E-state index < -0.39 is 6.04 Å². The van der Waals surface area contributed by atoms with Crippen molar-refractivity contribution in [3.8, 4) is 0 Å². The van der Waals surface area contributed by atoms with E-state index in [1.807, 2.05) is 25.4 Å². The van der Waals surface area contributed by atoms with Gasteiger partial charge in [-0.05, 0) is 18.1 Å². The van der Waals surface area contributed by atoms with Gasteiger partial charge in [0, 0.05) is 24.1 Å². The molecule has 1 aromatic heterocycles. The van der Waals surface area contributed by atoms with Crippen LogP contribution in [-0.2, 0) is 18.3 Å². The lowest BCUT2D eigenvalue weighted by Gasteiger charge is -2.01. The van der Waals surface area contributed by atoms with Crippen molar-refractivity contribution in [3.05, 3.63) is 36.0 Å². The number of aromatic nitrogens is 1. The Kier molecular flexibility index (Phi) is 2.56. The maximum absolute atomic E-state index is 10.5. The van der Waals surface area contributed by atoms with E-state index in [2.05, 4.69) is 16.7 Å². The van der Waals surface area contributed by atoms with Crippen molar-refractivity contribution in [1.82, 2.24) is 4.57 Å². The lowest BCUT2D eigenvalue weighted by Crippen LogP contribution is -2.23. The fourth-order valence-electron chi connectivity index (χ4n) is 1.89. The molecule has 1 heterocycles. The van der Waals surface area contributed by atoms with Crippen LogP contribution in [0.25, 0.3) is 10.9 Å². The summed E-state index contributed by atoms with van der Waals surface area (Å²) in [5.74, 6) is 0. The van der Waals surface area contributed by atoms with Gasteiger partial charge in [0.05, 0.1) is 6.04 Å². The lowest BCUT2D eigenvalue weighted by molar-refractivity contribution is -0.108. The average Bonchev–Trinajstić information content (AvgIpc) is 2.57. The van der Waals surface area contributed by atoms with Crippen molar-refractivity contribution in [3.63, 3.8) is 0 Å². The molecule has 0 saturated heterocycles. The highest BCUT2D eigenvalue weighted by Crippen LogP contribution is 2.20. The summed E-state index contributed by atoms with van der Waals surface area (Å²) in [6.45, 7) is 0. The number of rotatable bonds is 3. The topological polar surface area (TPSA) is 48.0 Å². The van der Waals surface area contributed by atoms with Gasteiger partial charge in [-0.1, -0.05) is 18.2 Å². The van der Waals surface area contributed by atoms with Crippen molar-refractivity contribution in [2.75, 3.05) is 0 Å². The van der Waals surface area contributed by atoms with Crippen molar-refractivity contribution >= 4 is 17.2 Å². The molecule has 2 aromatic rings. The van der Waals surface area contributed by atoms with Gasteiger partial charge >= 0.3 is 0 Å². The number of hydrogen-bond acceptors (Lipinski definition) is 2. The Morgan fingerprint density at radius 3 is 2.93 bits per heavy atom. The van der Waals surface area contributed by atoms with Crippen LogP contribution in [0.4, 0.5) is 0 Å². The molecule has 2 N–H and O–H groups in total. The van der Waals surface area contributed by atoms with Gasteiger partial charge in [0.2, 0.25) is 0 Å². The number of para-hydroxylation sites is 1. The van der Waals surface area contributed by atoms with Gasteiger partial charge in [-0.15, -0.1) is 0 Å². The van der Waals surface area contributed by atoms with Crippen LogP contribution in [0, 0.1) is 0 Å². The highest BCUT2D eigenvalue weighted by atomic mass is 16.1. The van der Waals surface area contributed by atoms with Crippen LogP contribution in [0.2, 0.25) is 0 Å². The molecule has 0 unspecified atom stereocenters. The zero-order chi connectivity index (χ0) is 10.8. The summed E-state index contributed by atoms with van der Waals surface area (Å²) < 4.78 is 2.06. The van der Waals surface area contributed by atoms with E-state index in [9.17, 15) is 4.79 Å². The third-order valence-electron chi connectivity index (χ3n) is 2.61. The fourth-order valence-corrected chi connectivity index (χ4v) is 1.89. The van der Waals surface area contributed by atoms with E-state index >= 15 is 0 Å². The van der Waals surface area contributed by atoms with E-state index in [4.69, 9.17) is 5.73 Å². The average molecular weight is 202 g/mol. The van der Waals surface area contributed by atoms with Gasteiger partial charge in [0.1, 0.15) is 6.29 Å². The van der Waals surface area contributed by atoms with Gasteiger partial charge in [-0.25, -0.2) is 0 Å². The first-order chi connectivity index (χ1) is 7.22. The number of fused-ring (bicyclic) bond motifs is 1. The Hall–Kier alpha value is -1.61. The minimum absolute atomic E-state index is 0.407. The Labute approximate surface area is 88.5 Å². The molecule has 0 aliphatic carbocycles. The second-order valence-electron chi connectivity index (χ2n) is 3.79. The Balaban J connectivity index is 2.47. The van der Waals surface area contributed by atoms with Crippen LogP contribution in [0.5, 0.6) is 0 Å². The fraction of sp³-hybridized carbons (Fsp3) is 0.250. The summed E-state index contributed by atoms with van der Waals surface area (Å²) in [6, 6.07) is 7.72. The molecule has 0 amide bonds. The molecule has 0 radical (unpaired) electrons. The zero-order valence-corrected chi connectivity index (χ0v) is 8.68. The number of aldehydes is 1. The first-order valence-electron chi connectivity index (χ1n) is 4.96. The molecule has 0 bridgehead atoms. The molecule has 2 rings (SSSR count). The maximum atomic E-state index is 10.5. The molecular weight excluding hydrogens is 188 g/mol. The lowest BCUT2D eigenvalue weighted by atomic mass is 10.1. The summed E-state index contributed by atoms with van der Waals surface area (Å²) in [7, 11) is 2.00. The second kappa shape index (κ2) is 3.87. The maximum Gasteiger partial charge on any atom is 0.137 e. The Bertz CT molecular complexity index is 487. The standard InChI is InChI=1S/C12H14N2O/c1-14-7-9(6-10(13)8-15)11-4-2-3-5-12(11)14/h2-5,7-8,10H,6,13H2,1H3/t10-/m0/s1. The van der Waals surface area contributed by atoms with Crippen LogP contribution in [0.3, 0.4) is 0 Å². The monoisotopic (exact) mass is 202 g/mol. The molecule has 0 fully saturated rings. The summed E-state index contributed by atoms with van der Waals surface area (Å²) in [5.41, 5.74) is 7.93. The van der Waals surface area contributed by atoms with E-state index in [0.29, 0.717) is 6.42 Å². The summed E-state index contributed by atoms with van der Waals surface area (Å²) >= 11 is 0. The van der Waals surface area contributed by atoms with Crippen LogP contribution in [0.15, 0.2) is 30.5 Å². The number of carbonyl (C=O) groups excluding carboxylic acids is 1. The predicted octanol–water partition coefficient (Wildman–Crippen LogP) is 1.25. The normalized spacial score (nSPS) is 12.9. The second-order valence-corrected chi connectivity index (χ2v) is 3.79. The SMILES string of the molecule is Cn1cc(C[C@H](N)C=O)c2ccccc21. The minimum atomic E-state index is -0.407. The number of carbonyl (C=O) groups is 1. The zero-order valence-electron chi connectivity index (χ0n) is 8.68. The quantitative estimate of drug-likeness (QED) is 0.761. The minimum Gasteiger partial charge on any atom is -0.350 e. The van der Waals surface area contributed by atoms with Crippen molar-refractivity contribution in [2.45, 2.75) is 12.5 Å². The predicted molar refractivity (Wildman–Crippen MR) is 60.7 cm³/mol. The van der Waals surface area contributed by atoms with Crippen molar-refractivity contribution in [1.29, 1.82) is 0 Å². The Morgan fingerprint density at radius 1 is 1.47 bits per heavy atom. The van der Waals surface area contributed by atoms with Crippen LogP contribution >= 0.6 is 0 Å². The van der Waals surface area contributed by atoms with E-state index in [-0.39, 0.29) is 0 Å². The van der Waals surface area contributed by atoms with Crippen LogP contribution in [-0.4, -0.2) is 16.9 Å². The number of hydrogen-bond donors (Lipinski definition) is 1. The number of nitrogens with zero attached hydrogens (tertiary/aromatic N) is 1. The molecular formula is C12H14N2O. The number of aryl methyl sites for hydroxylation is 1. The molecule has 78 valence electrons. The van der Waals surface area contributed by atoms with Crippen LogP contribution in [0.1, 0.15) is 5.56 Å². The third kappa shape index (κ3) is 1.78. The summed E-state index contributed by atoms with van der Waals surface area (Å²) in [5, 5.41) is 1.18. The summed E-state index contributed by atoms with van der Waals surface area (Å²) in [4.78, 5) is 10.5. The van der Waals surface area contributed by atoms with Gasteiger partial charge in [-0.2, -0.15) is 0 Å².